The fraction of sp³-hybridized carbons (Fsp3) is 1.00. The first kappa shape index (κ1) is 16.9. The van der Waals surface area contributed by atoms with Crippen molar-refractivity contribution in [2.75, 3.05) is 0 Å². The summed E-state index contributed by atoms with van der Waals surface area (Å²) in [5.41, 5.74) is 0.348. The summed E-state index contributed by atoms with van der Waals surface area (Å²) in [5.74, 6) is 0. The summed E-state index contributed by atoms with van der Waals surface area (Å²) in [6.45, 7) is 8.65. The Kier molecular flexibility index (Phi) is 8.89. The van der Waals surface area contributed by atoms with Crippen LogP contribution in [-0.4, -0.2) is 22.4 Å². The molecule has 0 aromatic carbocycles. The molecule has 0 spiro atoms. The van der Waals surface area contributed by atoms with Gasteiger partial charge in [-0.15, -0.1) is 0 Å². The molecule has 2 nitrogen and oxygen atoms in total. The third kappa shape index (κ3) is 9.61. The topological polar surface area (TPSA) is 40.5 Å². The van der Waals surface area contributed by atoms with Gasteiger partial charge in [-0.3, -0.25) is 0 Å². The molecule has 0 aromatic rings. The fourth-order valence-corrected chi connectivity index (χ4v) is 2.17. The van der Waals surface area contributed by atoms with Crippen LogP contribution in [-0.2, 0) is 0 Å². The summed E-state index contributed by atoms with van der Waals surface area (Å²) in [5, 5.41) is 19.0. The third-order valence-corrected chi connectivity index (χ3v) is 3.72. The van der Waals surface area contributed by atoms with Crippen LogP contribution in [0.5, 0.6) is 0 Å². The molecule has 0 aliphatic carbocycles. The van der Waals surface area contributed by atoms with Crippen molar-refractivity contribution in [2.45, 2.75) is 91.3 Å². The van der Waals surface area contributed by atoms with Gasteiger partial charge in [-0.25, -0.2) is 0 Å². The quantitative estimate of drug-likeness (QED) is 0.612. The van der Waals surface area contributed by atoms with Crippen molar-refractivity contribution in [1.82, 2.24) is 0 Å². The van der Waals surface area contributed by atoms with Gasteiger partial charge < -0.3 is 10.2 Å². The second-order valence-electron chi connectivity index (χ2n) is 6.07. The van der Waals surface area contributed by atoms with Gasteiger partial charge in [0.15, 0.2) is 0 Å². The molecule has 104 valence electrons. The predicted octanol–water partition coefficient (Wildman–Crippen LogP) is 3.90. The van der Waals surface area contributed by atoms with Crippen LogP contribution in [0.1, 0.15) is 79.1 Å². The zero-order valence-electron chi connectivity index (χ0n) is 12.2. The predicted molar refractivity (Wildman–Crippen MR) is 74.1 cm³/mol. The normalized spacial score (nSPS) is 15.9. The van der Waals surface area contributed by atoms with Gasteiger partial charge in [0.25, 0.3) is 0 Å². The van der Waals surface area contributed by atoms with E-state index in [1.54, 1.807) is 0 Å². The number of aliphatic hydroxyl groups is 2. The van der Waals surface area contributed by atoms with Crippen LogP contribution in [0, 0.1) is 5.41 Å². The molecular weight excluding hydrogens is 212 g/mol. The Morgan fingerprint density at radius 1 is 0.824 bits per heavy atom. The highest BCUT2D eigenvalue weighted by molar-refractivity contribution is 4.70. The monoisotopic (exact) mass is 244 g/mol. The molecule has 0 amide bonds. The van der Waals surface area contributed by atoms with Gasteiger partial charge in [-0.2, -0.15) is 0 Å². The summed E-state index contributed by atoms with van der Waals surface area (Å²) in [7, 11) is 0. The van der Waals surface area contributed by atoms with Crippen molar-refractivity contribution in [3.8, 4) is 0 Å². The van der Waals surface area contributed by atoms with Gasteiger partial charge >= 0.3 is 0 Å². The van der Waals surface area contributed by atoms with Crippen LogP contribution in [0.3, 0.4) is 0 Å². The highest BCUT2D eigenvalue weighted by atomic mass is 16.3. The van der Waals surface area contributed by atoms with Gasteiger partial charge in [0.05, 0.1) is 12.2 Å². The number of hydrogen-bond donors (Lipinski definition) is 2. The van der Waals surface area contributed by atoms with Crippen LogP contribution in [0.25, 0.3) is 0 Å². The Bertz CT molecular complexity index is 160. The fourth-order valence-electron chi connectivity index (χ4n) is 2.17. The first-order chi connectivity index (χ1) is 7.91. The molecule has 0 bridgehead atoms. The Morgan fingerprint density at radius 3 is 1.47 bits per heavy atom. The highest BCUT2D eigenvalue weighted by Crippen LogP contribution is 2.30. The maximum atomic E-state index is 9.50. The third-order valence-electron chi connectivity index (χ3n) is 3.72. The van der Waals surface area contributed by atoms with E-state index in [4.69, 9.17) is 0 Å². The molecule has 0 aliphatic rings. The Balaban J connectivity index is 3.65. The summed E-state index contributed by atoms with van der Waals surface area (Å²) >= 11 is 0. The molecule has 0 saturated carbocycles. The molecule has 0 aromatic heterocycles. The molecule has 0 rings (SSSR count). The van der Waals surface area contributed by atoms with Crippen molar-refractivity contribution in [3.05, 3.63) is 0 Å². The van der Waals surface area contributed by atoms with Crippen LogP contribution in [0.4, 0.5) is 0 Å². The molecule has 0 radical (unpaired) electrons. The lowest BCUT2D eigenvalue weighted by molar-refractivity contribution is 0.140. The zero-order valence-corrected chi connectivity index (χ0v) is 12.2. The average molecular weight is 244 g/mol. The van der Waals surface area contributed by atoms with E-state index in [1.165, 1.54) is 12.8 Å². The minimum Gasteiger partial charge on any atom is -0.393 e. The maximum absolute atomic E-state index is 9.50. The summed E-state index contributed by atoms with van der Waals surface area (Å²) < 4.78 is 0. The van der Waals surface area contributed by atoms with E-state index in [0.29, 0.717) is 5.41 Å². The van der Waals surface area contributed by atoms with Crippen molar-refractivity contribution in [2.24, 2.45) is 5.41 Å². The van der Waals surface area contributed by atoms with Gasteiger partial charge in [0, 0.05) is 0 Å². The van der Waals surface area contributed by atoms with Crippen molar-refractivity contribution in [1.29, 1.82) is 0 Å². The lowest BCUT2D eigenvalue weighted by Gasteiger charge is -2.25. The summed E-state index contributed by atoms with van der Waals surface area (Å²) in [4.78, 5) is 0. The molecule has 0 fully saturated rings. The minimum atomic E-state index is -0.118. The molecule has 0 heterocycles. The molecule has 2 unspecified atom stereocenters. The standard InChI is InChI=1S/C15H32O2/c1-5-13(16)9-7-11-15(3,4)12-8-10-14(17)6-2/h13-14,16-17H,5-12H2,1-4H3. The van der Waals surface area contributed by atoms with Crippen molar-refractivity contribution < 1.29 is 10.2 Å². The average Bonchev–Trinajstić information content (AvgIpc) is 2.27. The van der Waals surface area contributed by atoms with Crippen molar-refractivity contribution >= 4 is 0 Å². The smallest absolute Gasteiger partial charge is 0.0537 e. The Morgan fingerprint density at radius 2 is 1.18 bits per heavy atom. The van der Waals surface area contributed by atoms with Gasteiger partial charge in [0.2, 0.25) is 0 Å². The maximum Gasteiger partial charge on any atom is 0.0537 e. The van der Waals surface area contributed by atoms with E-state index in [-0.39, 0.29) is 12.2 Å². The van der Waals surface area contributed by atoms with Crippen molar-refractivity contribution in [3.63, 3.8) is 0 Å². The van der Waals surface area contributed by atoms with E-state index in [9.17, 15) is 10.2 Å². The second kappa shape index (κ2) is 8.93. The van der Waals surface area contributed by atoms with Gasteiger partial charge in [-0.1, -0.05) is 40.5 Å². The SMILES string of the molecule is CCC(O)CCCC(C)(C)CCCC(O)CC. The number of hydrogen-bond acceptors (Lipinski definition) is 2. The first-order valence-corrected chi connectivity index (χ1v) is 7.27. The lowest BCUT2D eigenvalue weighted by atomic mass is 9.81. The molecule has 2 N–H and O–H groups in total. The minimum absolute atomic E-state index is 0.118. The molecule has 2 atom stereocenters. The summed E-state index contributed by atoms with van der Waals surface area (Å²) in [6, 6.07) is 0. The van der Waals surface area contributed by atoms with Crippen LogP contribution < -0.4 is 0 Å². The lowest BCUT2D eigenvalue weighted by Crippen LogP contribution is -2.14. The molecule has 0 aliphatic heterocycles. The van der Waals surface area contributed by atoms with Crippen LogP contribution >= 0.6 is 0 Å². The van der Waals surface area contributed by atoms with E-state index >= 15 is 0 Å². The molecule has 17 heavy (non-hydrogen) atoms. The van der Waals surface area contributed by atoms with Gasteiger partial charge in [0.1, 0.15) is 0 Å². The van der Waals surface area contributed by atoms with E-state index < -0.39 is 0 Å². The second-order valence-corrected chi connectivity index (χ2v) is 6.07. The number of aliphatic hydroxyl groups excluding tert-OH is 2. The Labute approximate surface area is 107 Å². The van der Waals surface area contributed by atoms with Gasteiger partial charge in [-0.05, 0) is 43.9 Å². The largest absolute Gasteiger partial charge is 0.393 e. The van der Waals surface area contributed by atoms with Crippen LogP contribution in [0.15, 0.2) is 0 Å². The molecule has 2 heteroatoms. The number of rotatable bonds is 10. The van der Waals surface area contributed by atoms with E-state index in [0.717, 1.165) is 38.5 Å². The Hall–Kier alpha value is -0.0800. The van der Waals surface area contributed by atoms with Crippen LogP contribution in [0.2, 0.25) is 0 Å². The van der Waals surface area contributed by atoms with E-state index in [2.05, 4.69) is 13.8 Å². The molecule has 0 saturated heterocycles. The summed E-state index contributed by atoms with van der Waals surface area (Å²) in [6.07, 6.45) is 7.91. The zero-order chi connectivity index (χ0) is 13.3. The van der Waals surface area contributed by atoms with E-state index in [1.807, 2.05) is 13.8 Å². The molecular formula is C15H32O2. The first-order valence-electron chi connectivity index (χ1n) is 7.27. The highest BCUT2D eigenvalue weighted by Gasteiger charge is 2.18.